The van der Waals surface area contributed by atoms with Gasteiger partial charge in [0.2, 0.25) is 0 Å². The van der Waals surface area contributed by atoms with Crippen LogP contribution >= 0.6 is 11.6 Å². The largest absolute Gasteiger partial charge is 0.358 e. The molecular formula is C20H11ClF2N4O. The van der Waals surface area contributed by atoms with Gasteiger partial charge in [-0.2, -0.15) is 8.78 Å². The molecule has 138 valence electrons. The third-order valence-corrected chi connectivity index (χ3v) is 4.93. The fourth-order valence-corrected chi connectivity index (χ4v) is 3.63. The Morgan fingerprint density at radius 2 is 1.89 bits per heavy atom. The van der Waals surface area contributed by atoms with Crippen molar-refractivity contribution in [3.8, 4) is 11.4 Å². The molecule has 3 heterocycles. The summed E-state index contributed by atoms with van der Waals surface area (Å²) in [7, 11) is 0. The van der Waals surface area contributed by atoms with Gasteiger partial charge in [0.05, 0.1) is 16.6 Å². The molecule has 0 unspecified atom stereocenters. The van der Waals surface area contributed by atoms with Crippen LogP contribution in [0.4, 0.5) is 14.5 Å². The van der Waals surface area contributed by atoms with E-state index >= 15 is 8.78 Å². The normalized spacial score (nSPS) is 14.0. The van der Waals surface area contributed by atoms with Crippen LogP contribution in [0.2, 0.25) is 5.02 Å². The van der Waals surface area contributed by atoms with Gasteiger partial charge in [-0.25, -0.2) is 4.98 Å². The Kier molecular flexibility index (Phi) is 3.51. The van der Waals surface area contributed by atoms with Crippen LogP contribution in [-0.4, -0.2) is 20.4 Å². The van der Waals surface area contributed by atoms with E-state index in [2.05, 4.69) is 15.3 Å². The number of fused-ring (bicyclic) bond motifs is 5. The van der Waals surface area contributed by atoms with E-state index in [-0.39, 0.29) is 33.0 Å². The van der Waals surface area contributed by atoms with E-state index in [1.54, 1.807) is 42.7 Å². The zero-order chi connectivity index (χ0) is 19.5. The highest BCUT2D eigenvalue weighted by molar-refractivity contribution is 6.30. The van der Waals surface area contributed by atoms with Gasteiger partial charge in [-0.1, -0.05) is 17.7 Å². The van der Waals surface area contributed by atoms with Crippen LogP contribution < -0.4 is 5.32 Å². The monoisotopic (exact) mass is 396 g/mol. The topological polar surface area (TPSA) is 59.8 Å². The number of carbonyl (C=O) groups is 1. The van der Waals surface area contributed by atoms with Crippen molar-refractivity contribution in [1.29, 1.82) is 0 Å². The average molecular weight is 397 g/mol. The predicted molar refractivity (Wildman–Crippen MR) is 102 cm³/mol. The van der Waals surface area contributed by atoms with E-state index in [1.165, 1.54) is 18.2 Å². The lowest BCUT2D eigenvalue weighted by Crippen LogP contribution is -2.20. The number of imidazole rings is 1. The summed E-state index contributed by atoms with van der Waals surface area (Å²) in [6.45, 7) is 0. The summed E-state index contributed by atoms with van der Waals surface area (Å²) < 4.78 is 31.1. The number of hydrogen-bond acceptors (Lipinski definition) is 3. The molecule has 2 aromatic heterocycles. The molecule has 1 N–H and O–H groups in total. The van der Waals surface area contributed by atoms with Gasteiger partial charge in [0.15, 0.2) is 0 Å². The molecule has 1 amide bonds. The van der Waals surface area contributed by atoms with Crippen LogP contribution in [0, 0.1) is 0 Å². The molecule has 2 aromatic carbocycles. The number of halogens is 3. The molecule has 0 saturated carbocycles. The molecule has 5 rings (SSSR count). The molecule has 0 aliphatic carbocycles. The number of nitrogens with zero attached hydrogens (tertiary/aromatic N) is 3. The first kappa shape index (κ1) is 16.8. The van der Waals surface area contributed by atoms with Gasteiger partial charge in [0.25, 0.3) is 5.91 Å². The van der Waals surface area contributed by atoms with Gasteiger partial charge in [0, 0.05) is 28.7 Å². The lowest BCUT2D eigenvalue weighted by Gasteiger charge is -2.15. The van der Waals surface area contributed by atoms with Crippen molar-refractivity contribution in [2.75, 3.05) is 5.32 Å². The first-order valence-corrected chi connectivity index (χ1v) is 8.76. The molecule has 5 nitrogen and oxygen atoms in total. The quantitative estimate of drug-likeness (QED) is 0.523. The summed E-state index contributed by atoms with van der Waals surface area (Å²) >= 11 is 5.90. The second-order valence-corrected chi connectivity index (χ2v) is 6.80. The molecule has 28 heavy (non-hydrogen) atoms. The molecular weight excluding hydrogens is 386 g/mol. The van der Waals surface area contributed by atoms with Crippen molar-refractivity contribution < 1.29 is 13.6 Å². The summed E-state index contributed by atoms with van der Waals surface area (Å²) in [4.78, 5) is 21.0. The number of alkyl halides is 2. The van der Waals surface area contributed by atoms with Gasteiger partial charge >= 0.3 is 6.05 Å². The molecule has 0 radical (unpaired) electrons. The van der Waals surface area contributed by atoms with Crippen LogP contribution in [-0.2, 0) is 6.05 Å². The van der Waals surface area contributed by atoms with Crippen molar-refractivity contribution >= 4 is 34.2 Å². The van der Waals surface area contributed by atoms with E-state index in [1.807, 2.05) is 0 Å². The third kappa shape index (κ3) is 2.33. The van der Waals surface area contributed by atoms with Gasteiger partial charge in [-0.15, -0.1) is 0 Å². The molecule has 0 bridgehead atoms. The van der Waals surface area contributed by atoms with E-state index in [4.69, 9.17) is 11.6 Å². The van der Waals surface area contributed by atoms with E-state index in [0.717, 1.165) is 4.57 Å². The number of rotatable bonds is 2. The smallest absolute Gasteiger partial charge is 0.322 e. The standard InChI is InChI=1S/C20H11ClF2N4O/c21-11-4-5-13-15(10-11)20(22,23)27-16-3-1-2-14(17(16)26-18(13)27)19(28)25-12-6-8-24-9-7-12/h1-10H,(H,24,25,28). The van der Waals surface area contributed by atoms with Crippen molar-refractivity contribution in [3.63, 3.8) is 0 Å². The fourth-order valence-electron chi connectivity index (χ4n) is 3.46. The maximum atomic E-state index is 15.1. The maximum Gasteiger partial charge on any atom is 0.358 e. The number of para-hydroxylation sites is 1. The van der Waals surface area contributed by atoms with Gasteiger partial charge in [0.1, 0.15) is 11.3 Å². The van der Waals surface area contributed by atoms with Crippen molar-refractivity contribution in [2.24, 2.45) is 0 Å². The SMILES string of the molecule is O=C(Nc1ccncc1)c1cccc2c1nc1n2C(F)(F)c2cc(Cl)ccc2-1. The lowest BCUT2D eigenvalue weighted by molar-refractivity contribution is -0.0242. The zero-order valence-corrected chi connectivity index (χ0v) is 14.9. The second-order valence-electron chi connectivity index (χ2n) is 6.37. The van der Waals surface area contributed by atoms with Crippen molar-refractivity contribution in [2.45, 2.75) is 6.05 Å². The molecule has 1 aliphatic heterocycles. The molecule has 0 atom stereocenters. The minimum absolute atomic E-state index is 0.107. The highest BCUT2D eigenvalue weighted by Gasteiger charge is 2.46. The minimum Gasteiger partial charge on any atom is -0.322 e. The Hall–Kier alpha value is -3.32. The first-order valence-electron chi connectivity index (χ1n) is 8.38. The van der Waals surface area contributed by atoms with Crippen LogP contribution in [0.1, 0.15) is 15.9 Å². The first-order chi connectivity index (χ1) is 13.5. The average Bonchev–Trinajstić information content (AvgIpc) is 3.17. The number of benzene rings is 2. The van der Waals surface area contributed by atoms with E-state index < -0.39 is 12.0 Å². The molecule has 4 aromatic rings. The molecule has 0 fully saturated rings. The summed E-state index contributed by atoms with van der Waals surface area (Å²) in [5, 5.41) is 2.96. The number of aromatic nitrogens is 3. The summed E-state index contributed by atoms with van der Waals surface area (Å²) in [5.74, 6) is -0.330. The third-order valence-electron chi connectivity index (χ3n) is 4.70. The summed E-state index contributed by atoms with van der Waals surface area (Å²) in [5.41, 5.74) is 1.25. The predicted octanol–water partition coefficient (Wildman–Crippen LogP) is 4.92. The Labute approximate surface area is 162 Å². The van der Waals surface area contributed by atoms with Crippen LogP contribution in [0.5, 0.6) is 0 Å². The lowest BCUT2D eigenvalue weighted by atomic mass is 10.1. The highest BCUT2D eigenvalue weighted by atomic mass is 35.5. The van der Waals surface area contributed by atoms with Gasteiger partial charge in [-0.3, -0.25) is 14.3 Å². The Bertz CT molecular complexity index is 1250. The Morgan fingerprint density at radius 1 is 1.11 bits per heavy atom. The number of nitrogens with one attached hydrogen (secondary N) is 1. The summed E-state index contributed by atoms with van der Waals surface area (Å²) in [6, 6.07) is 8.92. The number of anilines is 1. The number of pyridine rings is 1. The van der Waals surface area contributed by atoms with E-state index in [9.17, 15) is 4.79 Å². The van der Waals surface area contributed by atoms with Gasteiger partial charge < -0.3 is 5.32 Å². The fraction of sp³-hybridized carbons (Fsp3) is 0.0500. The number of amides is 1. The van der Waals surface area contributed by atoms with Crippen LogP contribution in [0.3, 0.4) is 0 Å². The second kappa shape index (κ2) is 5.84. The Morgan fingerprint density at radius 3 is 2.68 bits per heavy atom. The molecule has 1 aliphatic rings. The van der Waals surface area contributed by atoms with Crippen LogP contribution in [0.25, 0.3) is 22.4 Å². The van der Waals surface area contributed by atoms with Crippen molar-refractivity contribution in [3.05, 3.63) is 77.1 Å². The zero-order valence-electron chi connectivity index (χ0n) is 14.2. The highest BCUT2D eigenvalue weighted by Crippen LogP contribution is 2.48. The summed E-state index contributed by atoms with van der Waals surface area (Å²) in [6.07, 6.45) is 3.09. The number of hydrogen-bond donors (Lipinski definition) is 1. The molecule has 0 spiro atoms. The maximum absolute atomic E-state index is 15.1. The minimum atomic E-state index is -3.31. The van der Waals surface area contributed by atoms with Crippen molar-refractivity contribution in [1.82, 2.24) is 14.5 Å². The number of carbonyl (C=O) groups excluding carboxylic acids is 1. The van der Waals surface area contributed by atoms with Gasteiger partial charge in [-0.05, 0) is 42.5 Å². The van der Waals surface area contributed by atoms with Crippen LogP contribution in [0.15, 0.2) is 60.9 Å². The molecule has 8 heteroatoms. The Balaban J connectivity index is 1.68. The van der Waals surface area contributed by atoms with E-state index in [0.29, 0.717) is 11.3 Å². The molecule has 0 saturated heterocycles.